The summed E-state index contributed by atoms with van der Waals surface area (Å²) >= 11 is 1.46. The van der Waals surface area contributed by atoms with Crippen LogP contribution < -0.4 is 5.32 Å². The molecule has 0 fully saturated rings. The Bertz CT molecular complexity index is 667. The fourth-order valence-corrected chi connectivity index (χ4v) is 3.60. The number of aromatic nitrogens is 1. The Hall–Kier alpha value is -1.28. The van der Waals surface area contributed by atoms with E-state index < -0.39 is 10.0 Å². The van der Waals surface area contributed by atoms with Gasteiger partial charge in [0, 0.05) is 18.5 Å². The largest absolute Gasteiger partial charge is 0.313 e. The van der Waals surface area contributed by atoms with Crippen LogP contribution in [0.4, 0.5) is 0 Å². The Labute approximate surface area is 129 Å². The van der Waals surface area contributed by atoms with Crippen molar-refractivity contribution < 1.29 is 8.42 Å². The quantitative estimate of drug-likeness (QED) is 0.885. The van der Waals surface area contributed by atoms with Crippen molar-refractivity contribution in [3.63, 3.8) is 0 Å². The molecule has 1 heterocycles. The molecule has 2 aromatic rings. The van der Waals surface area contributed by atoms with E-state index in [1.165, 1.54) is 15.6 Å². The van der Waals surface area contributed by atoms with Crippen LogP contribution in [0, 0.1) is 0 Å². The van der Waals surface area contributed by atoms with Gasteiger partial charge in [0.05, 0.1) is 22.6 Å². The van der Waals surface area contributed by atoms with E-state index in [0.717, 1.165) is 11.3 Å². The molecule has 0 aliphatic rings. The molecule has 0 saturated heterocycles. The summed E-state index contributed by atoms with van der Waals surface area (Å²) in [6.07, 6.45) is 0. The van der Waals surface area contributed by atoms with Crippen LogP contribution in [-0.4, -0.2) is 31.8 Å². The average Bonchev–Trinajstić information content (AvgIpc) is 2.99. The van der Waals surface area contributed by atoms with E-state index in [-0.39, 0.29) is 12.6 Å². The van der Waals surface area contributed by atoms with E-state index in [1.807, 2.05) is 31.5 Å². The highest BCUT2D eigenvalue weighted by atomic mass is 32.2. The van der Waals surface area contributed by atoms with Crippen LogP contribution in [0.25, 0.3) is 0 Å². The van der Waals surface area contributed by atoms with Crippen molar-refractivity contribution in [3.8, 4) is 0 Å². The molecule has 0 saturated carbocycles. The highest BCUT2D eigenvalue weighted by molar-refractivity contribution is 7.89. The molecule has 5 nitrogen and oxygen atoms in total. The first-order chi connectivity index (χ1) is 9.95. The maximum Gasteiger partial charge on any atom is 0.243 e. The van der Waals surface area contributed by atoms with Crippen molar-refractivity contribution in [1.29, 1.82) is 0 Å². The van der Waals surface area contributed by atoms with Gasteiger partial charge in [-0.1, -0.05) is 12.1 Å². The number of rotatable bonds is 6. The van der Waals surface area contributed by atoms with Gasteiger partial charge in [-0.15, -0.1) is 11.3 Å². The molecule has 0 spiro atoms. The summed E-state index contributed by atoms with van der Waals surface area (Å²) in [4.78, 5) is 4.41. The zero-order valence-corrected chi connectivity index (χ0v) is 13.9. The summed E-state index contributed by atoms with van der Waals surface area (Å²) in [5.41, 5.74) is 3.51. The molecule has 21 heavy (non-hydrogen) atoms. The predicted octanol–water partition coefficient (Wildman–Crippen LogP) is 2.24. The molecule has 2 rings (SSSR count). The minimum absolute atomic E-state index is 0.189. The Morgan fingerprint density at radius 2 is 2.00 bits per heavy atom. The lowest BCUT2D eigenvalue weighted by molar-refractivity contribution is 0.463. The first-order valence-corrected chi connectivity index (χ1v) is 8.94. The summed E-state index contributed by atoms with van der Waals surface area (Å²) in [5, 5.41) is 4.98. The minimum atomic E-state index is -3.49. The van der Waals surface area contributed by atoms with Crippen LogP contribution in [0.1, 0.15) is 24.2 Å². The molecule has 1 aromatic carbocycles. The van der Waals surface area contributed by atoms with Crippen molar-refractivity contribution in [1.82, 2.24) is 14.6 Å². The molecule has 1 atom stereocenters. The van der Waals surface area contributed by atoms with Crippen LogP contribution in [0.15, 0.2) is 40.1 Å². The maximum absolute atomic E-state index is 12.5. The second-order valence-corrected chi connectivity index (χ2v) is 7.58. The molecule has 0 aliphatic carbocycles. The third kappa shape index (κ3) is 3.68. The van der Waals surface area contributed by atoms with Gasteiger partial charge in [0.25, 0.3) is 0 Å². The summed E-state index contributed by atoms with van der Waals surface area (Å²) in [6.45, 7) is 2.30. The minimum Gasteiger partial charge on any atom is -0.313 e. The van der Waals surface area contributed by atoms with Gasteiger partial charge in [0.2, 0.25) is 10.0 Å². The van der Waals surface area contributed by atoms with Crippen molar-refractivity contribution in [2.24, 2.45) is 0 Å². The second kappa shape index (κ2) is 6.65. The van der Waals surface area contributed by atoms with E-state index >= 15 is 0 Å². The van der Waals surface area contributed by atoms with Crippen LogP contribution in [0.5, 0.6) is 0 Å². The third-order valence-electron chi connectivity index (χ3n) is 3.39. The van der Waals surface area contributed by atoms with Crippen LogP contribution >= 0.6 is 11.3 Å². The first-order valence-electron chi connectivity index (χ1n) is 6.55. The zero-order valence-electron chi connectivity index (χ0n) is 12.3. The lowest BCUT2D eigenvalue weighted by Crippen LogP contribution is -2.26. The van der Waals surface area contributed by atoms with E-state index in [2.05, 4.69) is 10.3 Å². The van der Waals surface area contributed by atoms with Gasteiger partial charge in [-0.2, -0.15) is 4.31 Å². The number of benzene rings is 1. The molecule has 0 radical (unpaired) electrons. The molecule has 1 aromatic heterocycles. The zero-order chi connectivity index (χ0) is 15.5. The molecular formula is C14H19N3O2S2. The van der Waals surface area contributed by atoms with Crippen molar-refractivity contribution in [2.75, 3.05) is 14.1 Å². The summed E-state index contributed by atoms with van der Waals surface area (Å²) in [7, 11) is -0.0465. The first kappa shape index (κ1) is 16.1. The summed E-state index contributed by atoms with van der Waals surface area (Å²) < 4.78 is 26.3. The average molecular weight is 325 g/mol. The fourth-order valence-electron chi connectivity index (χ4n) is 1.90. The number of sulfonamides is 1. The predicted molar refractivity (Wildman–Crippen MR) is 84.7 cm³/mol. The fraction of sp³-hybridized carbons (Fsp3) is 0.357. The normalized spacial score (nSPS) is 13.5. The number of thiazole rings is 1. The van der Waals surface area contributed by atoms with E-state index in [0.29, 0.717) is 4.90 Å². The number of hydrogen-bond donors (Lipinski definition) is 1. The molecular weight excluding hydrogens is 306 g/mol. The Balaban J connectivity index is 2.18. The molecule has 0 aliphatic heterocycles. The molecule has 1 N–H and O–H groups in total. The van der Waals surface area contributed by atoms with Crippen molar-refractivity contribution in [2.45, 2.75) is 24.4 Å². The van der Waals surface area contributed by atoms with Crippen molar-refractivity contribution >= 4 is 21.4 Å². The maximum atomic E-state index is 12.5. The van der Waals surface area contributed by atoms with Crippen LogP contribution in [0.2, 0.25) is 0 Å². The SMILES string of the molecule is CNC(C)c1ccc(S(=O)(=O)N(C)Cc2cscn2)cc1. The van der Waals surface area contributed by atoms with Gasteiger partial charge >= 0.3 is 0 Å². The van der Waals surface area contributed by atoms with E-state index in [1.54, 1.807) is 24.7 Å². The lowest BCUT2D eigenvalue weighted by Gasteiger charge is -2.17. The standard InChI is InChI=1S/C14H19N3O2S2/c1-11(15-2)12-4-6-14(7-5-12)21(18,19)17(3)8-13-9-20-10-16-13/h4-7,9-11,15H,8H2,1-3H3. The third-order valence-corrected chi connectivity index (χ3v) is 5.84. The van der Waals surface area contributed by atoms with Gasteiger partial charge in [-0.05, 0) is 31.7 Å². The van der Waals surface area contributed by atoms with Gasteiger partial charge in [-0.25, -0.2) is 13.4 Å². The van der Waals surface area contributed by atoms with Gasteiger partial charge < -0.3 is 5.32 Å². The number of nitrogens with zero attached hydrogens (tertiary/aromatic N) is 2. The molecule has 0 bridgehead atoms. The summed E-state index contributed by atoms with van der Waals surface area (Å²) in [5.74, 6) is 0. The number of hydrogen-bond acceptors (Lipinski definition) is 5. The van der Waals surface area contributed by atoms with Gasteiger partial charge in [0.15, 0.2) is 0 Å². The summed E-state index contributed by atoms with van der Waals surface area (Å²) in [6, 6.07) is 7.16. The Morgan fingerprint density at radius 3 is 2.52 bits per heavy atom. The molecule has 114 valence electrons. The highest BCUT2D eigenvalue weighted by Gasteiger charge is 2.21. The Kier molecular flexibility index (Phi) is 5.10. The molecule has 7 heteroatoms. The van der Waals surface area contributed by atoms with E-state index in [4.69, 9.17) is 0 Å². The molecule has 0 amide bonds. The van der Waals surface area contributed by atoms with Crippen LogP contribution in [-0.2, 0) is 16.6 Å². The van der Waals surface area contributed by atoms with E-state index in [9.17, 15) is 8.42 Å². The highest BCUT2D eigenvalue weighted by Crippen LogP contribution is 2.19. The van der Waals surface area contributed by atoms with Crippen LogP contribution in [0.3, 0.4) is 0 Å². The van der Waals surface area contributed by atoms with Gasteiger partial charge in [-0.3, -0.25) is 0 Å². The Morgan fingerprint density at radius 1 is 1.33 bits per heavy atom. The second-order valence-electron chi connectivity index (χ2n) is 4.82. The number of nitrogens with one attached hydrogen (secondary N) is 1. The van der Waals surface area contributed by atoms with Gasteiger partial charge in [0.1, 0.15) is 0 Å². The lowest BCUT2D eigenvalue weighted by atomic mass is 10.1. The monoisotopic (exact) mass is 325 g/mol. The topological polar surface area (TPSA) is 62.3 Å². The smallest absolute Gasteiger partial charge is 0.243 e. The molecule has 1 unspecified atom stereocenters. The van der Waals surface area contributed by atoms with Crippen molar-refractivity contribution in [3.05, 3.63) is 46.4 Å².